The first kappa shape index (κ1) is 18.4. The Kier molecular flexibility index (Phi) is 5.94. The van der Waals surface area contributed by atoms with E-state index in [0.717, 1.165) is 0 Å². The predicted octanol–water partition coefficient (Wildman–Crippen LogP) is 0.952. The first-order valence-corrected chi connectivity index (χ1v) is 10.0. The van der Waals surface area contributed by atoms with Crippen LogP contribution in [0.3, 0.4) is 0 Å². The Morgan fingerprint density at radius 1 is 0.750 bits per heavy atom. The molecule has 0 atom stereocenters. The summed E-state index contributed by atoms with van der Waals surface area (Å²) in [4.78, 5) is 0.206. The number of hydrogen-bond donors (Lipinski definition) is 2. The maximum Gasteiger partial charge on any atom is 0.240 e. The van der Waals surface area contributed by atoms with Gasteiger partial charge in [-0.25, -0.2) is 26.3 Å². The Bertz CT molecular complexity index is 864. The summed E-state index contributed by atoms with van der Waals surface area (Å²) in [5.74, 6) is 0.546. The predicted molar refractivity (Wildman–Crippen MR) is 89.8 cm³/mol. The number of methoxy groups -OCH3 is 1. The van der Waals surface area contributed by atoms with E-state index in [9.17, 15) is 16.8 Å². The molecule has 0 aliphatic heterocycles. The van der Waals surface area contributed by atoms with Gasteiger partial charge in [0.15, 0.2) is 0 Å². The lowest BCUT2D eigenvalue weighted by atomic mass is 10.3. The minimum absolute atomic E-state index is 0.0629. The van der Waals surface area contributed by atoms with Gasteiger partial charge in [0.1, 0.15) is 5.75 Å². The quantitative estimate of drug-likeness (QED) is 0.674. The van der Waals surface area contributed by atoms with Crippen LogP contribution in [0.25, 0.3) is 0 Å². The third kappa shape index (κ3) is 4.78. The van der Waals surface area contributed by atoms with Gasteiger partial charge in [0.2, 0.25) is 20.0 Å². The summed E-state index contributed by atoms with van der Waals surface area (Å²) in [6, 6.07) is 13.8. The van der Waals surface area contributed by atoms with E-state index in [4.69, 9.17) is 4.74 Å². The highest BCUT2D eigenvalue weighted by Crippen LogP contribution is 2.15. The van der Waals surface area contributed by atoms with Crippen molar-refractivity contribution in [2.75, 3.05) is 20.2 Å². The maximum absolute atomic E-state index is 12.1. The topological polar surface area (TPSA) is 102 Å². The van der Waals surface area contributed by atoms with Gasteiger partial charge in [0.05, 0.1) is 16.9 Å². The van der Waals surface area contributed by atoms with Crippen molar-refractivity contribution in [2.24, 2.45) is 0 Å². The zero-order chi connectivity index (χ0) is 17.6. The number of hydrogen-bond acceptors (Lipinski definition) is 5. The number of rotatable bonds is 8. The van der Waals surface area contributed by atoms with E-state index in [-0.39, 0.29) is 22.9 Å². The van der Waals surface area contributed by atoms with Gasteiger partial charge in [-0.15, -0.1) is 0 Å². The van der Waals surface area contributed by atoms with Gasteiger partial charge in [-0.2, -0.15) is 0 Å². The summed E-state index contributed by atoms with van der Waals surface area (Å²) < 4.78 is 57.8. The molecule has 2 aromatic carbocycles. The van der Waals surface area contributed by atoms with E-state index >= 15 is 0 Å². The normalized spacial score (nSPS) is 12.0. The van der Waals surface area contributed by atoms with E-state index in [2.05, 4.69) is 9.44 Å². The third-order valence-corrected chi connectivity index (χ3v) is 6.09. The van der Waals surface area contributed by atoms with Gasteiger partial charge in [-0.1, -0.05) is 18.2 Å². The summed E-state index contributed by atoms with van der Waals surface area (Å²) in [6.45, 7) is -0.132. The van der Waals surface area contributed by atoms with Crippen molar-refractivity contribution < 1.29 is 21.6 Å². The molecule has 0 fully saturated rings. The Hall–Kier alpha value is -1.94. The Labute approximate surface area is 141 Å². The average Bonchev–Trinajstić information content (AvgIpc) is 2.59. The van der Waals surface area contributed by atoms with Gasteiger partial charge in [-0.05, 0) is 36.4 Å². The Morgan fingerprint density at radius 3 is 1.67 bits per heavy atom. The number of ether oxygens (including phenoxy) is 1. The molecule has 0 spiro atoms. The van der Waals surface area contributed by atoms with Crippen LogP contribution >= 0.6 is 0 Å². The Balaban J connectivity index is 1.91. The molecule has 0 bridgehead atoms. The lowest BCUT2D eigenvalue weighted by molar-refractivity contribution is 0.414. The molecule has 0 aromatic heterocycles. The van der Waals surface area contributed by atoms with Crippen molar-refractivity contribution in [3.8, 4) is 5.75 Å². The van der Waals surface area contributed by atoms with Crippen LogP contribution in [0, 0.1) is 0 Å². The molecular weight excluding hydrogens is 352 g/mol. The number of benzene rings is 2. The molecule has 0 aliphatic rings. The summed E-state index contributed by atoms with van der Waals surface area (Å²) >= 11 is 0. The molecule has 7 nitrogen and oxygen atoms in total. The minimum Gasteiger partial charge on any atom is -0.497 e. The van der Waals surface area contributed by atoms with Crippen LogP contribution in [-0.2, 0) is 20.0 Å². The molecular formula is C15H18N2O5S2. The van der Waals surface area contributed by atoms with Crippen molar-refractivity contribution in [1.29, 1.82) is 0 Å². The van der Waals surface area contributed by atoms with Crippen molar-refractivity contribution in [2.45, 2.75) is 9.79 Å². The molecule has 0 aliphatic carbocycles. The molecule has 0 saturated heterocycles. The van der Waals surface area contributed by atoms with Crippen LogP contribution < -0.4 is 14.2 Å². The van der Waals surface area contributed by atoms with Crippen molar-refractivity contribution in [3.05, 3.63) is 54.6 Å². The van der Waals surface area contributed by atoms with E-state index in [0.29, 0.717) is 5.75 Å². The van der Waals surface area contributed by atoms with Gasteiger partial charge in [0, 0.05) is 13.1 Å². The highest BCUT2D eigenvalue weighted by Gasteiger charge is 2.15. The van der Waals surface area contributed by atoms with Gasteiger partial charge >= 0.3 is 0 Å². The second-order valence-electron chi connectivity index (χ2n) is 4.78. The van der Waals surface area contributed by atoms with Gasteiger partial charge < -0.3 is 4.74 Å². The zero-order valence-electron chi connectivity index (χ0n) is 13.0. The molecule has 0 unspecified atom stereocenters. The van der Waals surface area contributed by atoms with Gasteiger partial charge in [0.25, 0.3) is 0 Å². The zero-order valence-corrected chi connectivity index (χ0v) is 14.6. The summed E-state index contributed by atoms with van der Waals surface area (Å²) in [7, 11) is -5.87. The smallest absolute Gasteiger partial charge is 0.240 e. The van der Waals surface area contributed by atoms with Crippen LogP contribution in [0.2, 0.25) is 0 Å². The van der Waals surface area contributed by atoms with Crippen molar-refractivity contribution >= 4 is 20.0 Å². The molecule has 0 amide bonds. The fraction of sp³-hybridized carbons (Fsp3) is 0.200. The van der Waals surface area contributed by atoms with Crippen LogP contribution in [0.4, 0.5) is 0 Å². The van der Waals surface area contributed by atoms with Crippen LogP contribution in [-0.4, -0.2) is 37.0 Å². The van der Waals surface area contributed by atoms with E-state index < -0.39 is 20.0 Å². The average molecular weight is 370 g/mol. The molecule has 2 aromatic rings. The second-order valence-corrected chi connectivity index (χ2v) is 8.32. The Morgan fingerprint density at radius 2 is 1.21 bits per heavy atom. The second kappa shape index (κ2) is 7.75. The lowest BCUT2D eigenvalue weighted by Crippen LogP contribution is -2.34. The fourth-order valence-corrected chi connectivity index (χ4v) is 3.98. The largest absolute Gasteiger partial charge is 0.497 e. The molecule has 130 valence electrons. The molecule has 9 heteroatoms. The van der Waals surface area contributed by atoms with Crippen LogP contribution in [0.15, 0.2) is 64.4 Å². The van der Waals surface area contributed by atoms with Crippen molar-refractivity contribution in [3.63, 3.8) is 0 Å². The molecule has 24 heavy (non-hydrogen) atoms. The lowest BCUT2D eigenvalue weighted by Gasteiger charge is -2.09. The number of nitrogens with one attached hydrogen (secondary N) is 2. The number of sulfonamides is 2. The first-order valence-electron chi connectivity index (χ1n) is 7.03. The van der Waals surface area contributed by atoms with E-state index in [1.807, 2.05) is 0 Å². The van der Waals surface area contributed by atoms with Crippen LogP contribution in [0.5, 0.6) is 5.75 Å². The first-order chi connectivity index (χ1) is 11.3. The van der Waals surface area contributed by atoms with E-state index in [1.54, 1.807) is 18.2 Å². The molecule has 0 heterocycles. The minimum atomic E-state index is -3.71. The molecule has 2 rings (SSSR count). The van der Waals surface area contributed by atoms with Gasteiger partial charge in [-0.3, -0.25) is 0 Å². The maximum atomic E-state index is 12.1. The van der Waals surface area contributed by atoms with Crippen LogP contribution in [0.1, 0.15) is 0 Å². The summed E-state index contributed by atoms with van der Waals surface area (Å²) in [6.07, 6.45) is 0. The third-order valence-electron chi connectivity index (χ3n) is 3.13. The summed E-state index contributed by atoms with van der Waals surface area (Å²) in [5, 5.41) is 0. The van der Waals surface area contributed by atoms with Crippen molar-refractivity contribution in [1.82, 2.24) is 9.44 Å². The highest BCUT2D eigenvalue weighted by molar-refractivity contribution is 7.89. The molecule has 0 saturated carbocycles. The van der Waals surface area contributed by atoms with E-state index in [1.165, 1.54) is 43.5 Å². The monoisotopic (exact) mass is 370 g/mol. The molecule has 0 radical (unpaired) electrons. The standard InChI is InChI=1S/C15H18N2O5S2/c1-22-13-7-9-15(10-8-13)24(20,21)17-12-11-16-23(18,19)14-5-3-2-4-6-14/h2-10,16-17H,11-12H2,1H3. The fourth-order valence-electron chi connectivity index (χ4n) is 1.89. The SMILES string of the molecule is COc1ccc(S(=O)(=O)NCCNS(=O)(=O)c2ccccc2)cc1. The highest BCUT2D eigenvalue weighted by atomic mass is 32.2. The molecule has 2 N–H and O–H groups in total. The summed E-state index contributed by atoms with van der Waals surface area (Å²) in [5.41, 5.74) is 0.